The van der Waals surface area contributed by atoms with Crippen LogP contribution in [0.15, 0.2) is 11.4 Å². The van der Waals surface area contributed by atoms with Gasteiger partial charge in [0.1, 0.15) is 0 Å². The fourth-order valence-electron chi connectivity index (χ4n) is 1.22. The average molecular weight is 216 g/mol. The quantitative estimate of drug-likeness (QED) is 0.586. The van der Waals surface area contributed by atoms with Gasteiger partial charge in [0.25, 0.3) is 0 Å². The first kappa shape index (κ1) is 11.0. The van der Waals surface area contributed by atoms with Gasteiger partial charge in [-0.05, 0) is 29.7 Å². The number of nitrogens with two attached hydrogens (primary N) is 1. The molecule has 4 heteroatoms. The van der Waals surface area contributed by atoms with Gasteiger partial charge in [0.15, 0.2) is 0 Å². The van der Waals surface area contributed by atoms with Crippen LogP contribution in [0.1, 0.15) is 23.4 Å². The van der Waals surface area contributed by atoms with Crippen molar-refractivity contribution in [3.05, 3.63) is 21.9 Å². The Morgan fingerprint density at radius 3 is 2.92 bits per heavy atom. The van der Waals surface area contributed by atoms with Crippen molar-refractivity contribution in [2.45, 2.75) is 19.9 Å². The zero-order valence-electron chi connectivity index (χ0n) is 8.04. The first-order valence-corrected chi connectivity index (χ1v) is 6.40. The van der Waals surface area contributed by atoms with Gasteiger partial charge in [0, 0.05) is 10.6 Å². The van der Waals surface area contributed by atoms with E-state index in [0.717, 1.165) is 11.5 Å². The molecular formula is C9H16N2S2. The van der Waals surface area contributed by atoms with Crippen molar-refractivity contribution in [2.75, 3.05) is 11.5 Å². The van der Waals surface area contributed by atoms with Gasteiger partial charge in [0.05, 0.1) is 6.04 Å². The molecule has 0 aliphatic rings. The maximum atomic E-state index is 5.51. The maximum Gasteiger partial charge on any atom is 0.0561 e. The normalized spacial score (nSPS) is 13.2. The molecule has 1 heterocycles. The second-order valence-electron chi connectivity index (χ2n) is 2.81. The number of rotatable bonds is 5. The fourth-order valence-corrected chi connectivity index (χ4v) is 2.73. The Morgan fingerprint density at radius 1 is 1.69 bits per heavy atom. The lowest BCUT2D eigenvalue weighted by Gasteiger charge is -2.14. The molecule has 0 saturated heterocycles. The summed E-state index contributed by atoms with van der Waals surface area (Å²) in [5.74, 6) is 7.70. The monoisotopic (exact) mass is 216 g/mol. The molecule has 1 rings (SSSR count). The summed E-state index contributed by atoms with van der Waals surface area (Å²) >= 11 is 3.69. The van der Waals surface area contributed by atoms with Gasteiger partial charge in [-0.3, -0.25) is 11.3 Å². The molecule has 1 aromatic rings. The minimum atomic E-state index is 0.302. The van der Waals surface area contributed by atoms with Gasteiger partial charge in [-0.15, -0.1) is 11.3 Å². The van der Waals surface area contributed by atoms with E-state index in [2.05, 4.69) is 30.7 Å². The van der Waals surface area contributed by atoms with Crippen LogP contribution in [-0.2, 0) is 0 Å². The summed E-state index contributed by atoms with van der Waals surface area (Å²) in [6, 6.07) is 2.46. The van der Waals surface area contributed by atoms with E-state index in [-0.39, 0.29) is 0 Å². The summed E-state index contributed by atoms with van der Waals surface area (Å²) in [6.45, 7) is 4.31. The number of hydrogen-bond acceptors (Lipinski definition) is 4. The fraction of sp³-hybridized carbons (Fsp3) is 0.556. The molecule has 0 saturated carbocycles. The largest absolute Gasteiger partial charge is 0.271 e. The molecule has 13 heavy (non-hydrogen) atoms. The topological polar surface area (TPSA) is 38.0 Å². The van der Waals surface area contributed by atoms with Crippen LogP contribution in [0, 0.1) is 6.92 Å². The van der Waals surface area contributed by atoms with Crippen molar-refractivity contribution in [3.8, 4) is 0 Å². The molecule has 0 aromatic carbocycles. The van der Waals surface area contributed by atoms with E-state index in [1.807, 2.05) is 11.8 Å². The number of thioether (sulfide) groups is 1. The standard InChI is InChI=1S/C9H16N2S2/c1-3-12-6-9(11-10)8-4-5-13-7(8)2/h4-5,9,11H,3,6,10H2,1-2H3. The predicted octanol–water partition coefficient (Wildman–Crippen LogP) is 2.31. The van der Waals surface area contributed by atoms with Gasteiger partial charge < -0.3 is 0 Å². The Bertz CT molecular complexity index is 248. The molecule has 0 bridgehead atoms. The summed E-state index contributed by atoms with van der Waals surface area (Å²) in [4.78, 5) is 1.36. The third kappa shape index (κ3) is 2.98. The third-order valence-corrected chi connectivity index (χ3v) is 3.80. The Morgan fingerprint density at radius 2 is 2.46 bits per heavy atom. The zero-order valence-corrected chi connectivity index (χ0v) is 9.67. The minimum Gasteiger partial charge on any atom is -0.271 e. The Kier molecular flexibility index (Phi) is 4.80. The van der Waals surface area contributed by atoms with Crippen LogP contribution >= 0.6 is 23.1 Å². The first-order valence-electron chi connectivity index (χ1n) is 4.37. The summed E-state index contributed by atoms with van der Waals surface area (Å²) in [7, 11) is 0. The highest BCUT2D eigenvalue weighted by Crippen LogP contribution is 2.24. The molecule has 0 aliphatic carbocycles. The lowest BCUT2D eigenvalue weighted by Crippen LogP contribution is -2.29. The van der Waals surface area contributed by atoms with Crippen molar-refractivity contribution in [2.24, 2.45) is 5.84 Å². The molecule has 0 aliphatic heterocycles. The summed E-state index contributed by atoms with van der Waals surface area (Å²) in [5, 5.41) is 2.12. The molecule has 1 unspecified atom stereocenters. The van der Waals surface area contributed by atoms with Crippen molar-refractivity contribution >= 4 is 23.1 Å². The van der Waals surface area contributed by atoms with E-state index in [1.54, 1.807) is 11.3 Å². The lowest BCUT2D eigenvalue weighted by atomic mass is 10.1. The van der Waals surface area contributed by atoms with Gasteiger partial charge in [-0.25, -0.2) is 0 Å². The van der Waals surface area contributed by atoms with Gasteiger partial charge >= 0.3 is 0 Å². The van der Waals surface area contributed by atoms with E-state index in [4.69, 9.17) is 5.84 Å². The van der Waals surface area contributed by atoms with Gasteiger partial charge in [0.2, 0.25) is 0 Å². The maximum absolute atomic E-state index is 5.51. The Hall–Kier alpha value is -0.0300. The second-order valence-corrected chi connectivity index (χ2v) is 5.25. The number of hydrogen-bond donors (Lipinski definition) is 2. The molecular weight excluding hydrogens is 200 g/mol. The molecule has 0 amide bonds. The lowest BCUT2D eigenvalue weighted by molar-refractivity contribution is 0.610. The number of hydrazine groups is 1. The van der Waals surface area contributed by atoms with Gasteiger partial charge in [-0.1, -0.05) is 6.92 Å². The molecule has 0 spiro atoms. The Labute approximate surface area is 87.9 Å². The molecule has 1 atom stereocenters. The van der Waals surface area contributed by atoms with E-state index in [0.29, 0.717) is 6.04 Å². The van der Waals surface area contributed by atoms with E-state index < -0.39 is 0 Å². The van der Waals surface area contributed by atoms with Crippen LogP contribution in [0.5, 0.6) is 0 Å². The van der Waals surface area contributed by atoms with Gasteiger partial charge in [-0.2, -0.15) is 11.8 Å². The second kappa shape index (κ2) is 5.65. The Balaban J connectivity index is 2.61. The zero-order chi connectivity index (χ0) is 9.68. The van der Waals surface area contributed by atoms with Crippen LogP contribution in [-0.4, -0.2) is 11.5 Å². The molecule has 74 valence electrons. The van der Waals surface area contributed by atoms with Crippen LogP contribution in [0.2, 0.25) is 0 Å². The predicted molar refractivity (Wildman–Crippen MR) is 62.1 cm³/mol. The molecule has 2 nitrogen and oxygen atoms in total. The van der Waals surface area contributed by atoms with Crippen molar-refractivity contribution < 1.29 is 0 Å². The van der Waals surface area contributed by atoms with Crippen molar-refractivity contribution in [3.63, 3.8) is 0 Å². The highest BCUT2D eigenvalue weighted by molar-refractivity contribution is 7.99. The molecule has 0 radical (unpaired) electrons. The highest BCUT2D eigenvalue weighted by Gasteiger charge is 2.12. The number of thiophene rings is 1. The van der Waals surface area contributed by atoms with Crippen LogP contribution < -0.4 is 11.3 Å². The van der Waals surface area contributed by atoms with E-state index in [9.17, 15) is 0 Å². The molecule has 3 N–H and O–H groups in total. The molecule has 1 aromatic heterocycles. The summed E-state index contributed by atoms with van der Waals surface area (Å²) in [5.41, 5.74) is 4.21. The summed E-state index contributed by atoms with van der Waals surface area (Å²) < 4.78 is 0. The summed E-state index contributed by atoms with van der Waals surface area (Å²) in [6.07, 6.45) is 0. The van der Waals surface area contributed by atoms with Crippen LogP contribution in [0.4, 0.5) is 0 Å². The SMILES string of the molecule is CCSCC(NN)c1ccsc1C. The van der Waals surface area contributed by atoms with Crippen molar-refractivity contribution in [1.82, 2.24) is 5.43 Å². The van der Waals surface area contributed by atoms with Crippen molar-refractivity contribution in [1.29, 1.82) is 0 Å². The van der Waals surface area contributed by atoms with Crippen LogP contribution in [0.25, 0.3) is 0 Å². The average Bonchev–Trinajstić information content (AvgIpc) is 2.54. The van der Waals surface area contributed by atoms with E-state index >= 15 is 0 Å². The first-order chi connectivity index (χ1) is 6.29. The number of aryl methyl sites for hydroxylation is 1. The smallest absolute Gasteiger partial charge is 0.0561 e. The highest BCUT2D eigenvalue weighted by atomic mass is 32.2. The number of nitrogens with one attached hydrogen (secondary N) is 1. The third-order valence-electron chi connectivity index (χ3n) is 1.96. The van der Waals surface area contributed by atoms with E-state index in [1.165, 1.54) is 10.4 Å². The minimum absolute atomic E-state index is 0.302. The molecule has 0 fully saturated rings. The van der Waals surface area contributed by atoms with Crippen LogP contribution in [0.3, 0.4) is 0 Å².